The predicted molar refractivity (Wildman–Crippen MR) is 70.2 cm³/mol. The van der Waals surface area contributed by atoms with Crippen molar-refractivity contribution < 1.29 is 4.79 Å². The summed E-state index contributed by atoms with van der Waals surface area (Å²) in [5.74, 6) is 1.65. The summed E-state index contributed by atoms with van der Waals surface area (Å²) in [4.78, 5) is 13.9. The molecule has 2 saturated carbocycles. The van der Waals surface area contributed by atoms with Gasteiger partial charge in [0.2, 0.25) is 0 Å². The first-order valence-electron chi connectivity index (χ1n) is 6.30. The number of fused-ring (bicyclic) bond motifs is 2. The van der Waals surface area contributed by atoms with Gasteiger partial charge in [-0.3, -0.25) is 4.79 Å². The Morgan fingerprint density at radius 1 is 1.47 bits per heavy atom. The van der Waals surface area contributed by atoms with Crippen LogP contribution in [0, 0.1) is 18.8 Å². The number of hydrogen-bond acceptors (Lipinski definition) is 3. The molecule has 1 amide bonds. The maximum Gasteiger partial charge on any atom is 0.261 e. The molecule has 3 N–H and O–H groups in total. The van der Waals surface area contributed by atoms with Crippen LogP contribution in [0.15, 0.2) is 6.07 Å². The average Bonchev–Trinajstić information content (AvgIpc) is 2.95. The molecule has 2 fully saturated rings. The Hall–Kier alpha value is -1.03. The summed E-state index contributed by atoms with van der Waals surface area (Å²) in [5.41, 5.74) is 6.51. The second-order valence-corrected chi connectivity index (χ2v) is 6.63. The second-order valence-electron chi connectivity index (χ2n) is 5.38. The predicted octanol–water partition coefficient (Wildman–Crippen LogP) is 2.56. The van der Waals surface area contributed by atoms with E-state index in [1.165, 1.54) is 37.0 Å². The Kier molecular flexibility index (Phi) is 2.62. The molecule has 3 nitrogen and oxygen atoms in total. The molecule has 2 aliphatic carbocycles. The van der Waals surface area contributed by atoms with Crippen LogP contribution in [-0.4, -0.2) is 11.9 Å². The lowest BCUT2D eigenvalue weighted by Crippen LogP contribution is -2.38. The Balaban J connectivity index is 1.67. The number of anilines is 1. The molecule has 1 heterocycles. The smallest absolute Gasteiger partial charge is 0.261 e. The molecular formula is C13H18N2OS. The van der Waals surface area contributed by atoms with Gasteiger partial charge in [-0.1, -0.05) is 6.42 Å². The van der Waals surface area contributed by atoms with Crippen LogP contribution in [0.1, 0.15) is 40.2 Å². The first-order valence-corrected chi connectivity index (χ1v) is 7.12. The summed E-state index contributed by atoms with van der Waals surface area (Å²) in [5, 5.41) is 3.18. The van der Waals surface area contributed by atoms with Crippen molar-refractivity contribution in [3.63, 3.8) is 0 Å². The summed E-state index contributed by atoms with van der Waals surface area (Å²) in [7, 11) is 0. The molecule has 1 aromatic heterocycles. The van der Waals surface area contributed by atoms with Gasteiger partial charge in [-0.2, -0.15) is 0 Å². The van der Waals surface area contributed by atoms with Gasteiger partial charge >= 0.3 is 0 Å². The number of nitrogens with one attached hydrogen (secondary N) is 1. The maximum atomic E-state index is 12.1. The highest BCUT2D eigenvalue weighted by Crippen LogP contribution is 2.44. The Labute approximate surface area is 105 Å². The fraction of sp³-hybridized carbons (Fsp3) is 0.615. The van der Waals surface area contributed by atoms with Crippen LogP contribution >= 0.6 is 11.3 Å². The molecule has 0 saturated heterocycles. The van der Waals surface area contributed by atoms with Crippen LogP contribution < -0.4 is 11.1 Å². The molecule has 3 rings (SSSR count). The molecule has 3 unspecified atom stereocenters. The van der Waals surface area contributed by atoms with E-state index in [9.17, 15) is 4.79 Å². The monoisotopic (exact) mass is 250 g/mol. The van der Waals surface area contributed by atoms with Crippen molar-refractivity contribution in [1.29, 1.82) is 0 Å². The molecule has 2 aliphatic rings. The van der Waals surface area contributed by atoms with Crippen LogP contribution in [0.2, 0.25) is 0 Å². The van der Waals surface area contributed by atoms with Crippen molar-refractivity contribution >= 4 is 22.9 Å². The van der Waals surface area contributed by atoms with Gasteiger partial charge in [-0.25, -0.2) is 0 Å². The van der Waals surface area contributed by atoms with E-state index in [0.29, 0.717) is 6.04 Å². The van der Waals surface area contributed by atoms with E-state index in [1.807, 2.05) is 6.92 Å². The molecule has 0 radical (unpaired) electrons. The summed E-state index contributed by atoms with van der Waals surface area (Å²) in [6.07, 6.45) is 5.15. The van der Waals surface area contributed by atoms with Crippen molar-refractivity contribution in [2.24, 2.45) is 11.8 Å². The van der Waals surface area contributed by atoms with Gasteiger partial charge in [0.05, 0.1) is 4.88 Å². The summed E-state index contributed by atoms with van der Waals surface area (Å²) in [6, 6.07) is 2.20. The maximum absolute atomic E-state index is 12.1. The molecule has 0 aromatic carbocycles. The van der Waals surface area contributed by atoms with Crippen molar-refractivity contribution in [2.75, 3.05) is 5.73 Å². The minimum Gasteiger partial charge on any atom is -0.398 e. The number of carbonyl (C=O) groups is 1. The van der Waals surface area contributed by atoms with Crippen molar-refractivity contribution in [2.45, 2.75) is 38.6 Å². The zero-order chi connectivity index (χ0) is 12.0. The second kappa shape index (κ2) is 4.02. The molecule has 3 atom stereocenters. The zero-order valence-corrected chi connectivity index (χ0v) is 10.8. The molecule has 1 aromatic rings. The van der Waals surface area contributed by atoms with E-state index in [4.69, 9.17) is 5.73 Å². The number of nitrogens with two attached hydrogens (primary N) is 1. The SMILES string of the molecule is Cc1sc(C(=O)NC2CC3CCC2C3)cc1N. The minimum atomic E-state index is 0.0624. The molecule has 17 heavy (non-hydrogen) atoms. The highest BCUT2D eigenvalue weighted by molar-refractivity contribution is 7.14. The van der Waals surface area contributed by atoms with E-state index in [2.05, 4.69) is 5.32 Å². The van der Waals surface area contributed by atoms with Crippen LogP contribution in [-0.2, 0) is 0 Å². The van der Waals surface area contributed by atoms with Crippen molar-refractivity contribution in [3.05, 3.63) is 15.8 Å². The fourth-order valence-electron chi connectivity index (χ4n) is 3.27. The highest BCUT2D eigenvalue weighted by Gasteiger charge is 2.40. The fourth-order valence-corrected chi connectivity index (χ4v) is 4.11. The molecule has 0 aliphatic heterocycles. The lowest BCUT2D eigenvalue weighted by molar-refractivity contribution is 0.0927. The number of aryl methyl sites for hydroxylation is 1. The van der Waals surface area contributed by atoms with E-state index >= 15 is 0 Å². The van der Waals surface area contributed by atoms with E-state index in [1.54, 1.807) is 6.07 Å². The van der Waals surface area contributed by atoms with Crippen molar-refractivity contribution in [1.82, 2.24) is 5.32 Å². The topological polar surface area (TPSA) is 55.1 Å². The molecule has 4 heteroatoms. The first kappa shape index (κ1) is 11.1. The Morgan fingerprint density at radius 3 is 2.82 bits per heavy atom. The normalized spacial score (nSPS) is 30.8. The van der Waals surface area contributed by atoms with Gasteiger partial charge < -0.3 is 11.1 Å². The minimum absolute atomic E-state index is 0.0624. The molecular weight excluding hydrogens is 232 g/mol. The van der Waals surface area contributed by atoms with Gasteiger partial charge in [0.1, 0.15) is 0 Å². The van der Waals surface area contributed by atoms with Gasteiger partial charge in [-0.15, -0.1) is 11.3 Å². The van der Waals surface area contributed by atoms with Crippen LogP contribution in [0.25, 0.3) is 0 Å². The van der Waals surface area contributed by atoms with Crippen LogP contribution in [0.3, 0.4) is 0 Å². The lowest BCUT2D eigenvalue weighted by atomic mass is 9.95. The van der Waals surface area contributed by atoms with Crippen molar-refractivity contribution in [3.8, 4) is 0 Å². The molecule has 2 bridgehead atoms. The average molecular weight is 250 g/mol. The summed E-state index contributed by atoms with van der Waals surface area (Å²) in [6.45, 7) is 1.95. The quantitative estimate of drug-likeness (QED) is 0.847. The number of nitrogen functional groups attached to an aromatic ring is 1. The van der Waals surface area contributed by atoms with E-state index < -0.39 is 0 Å². The Morgan fingerprint density at radius 2 is 2.29 bits per heavy atom. The first-order chi connectivity index (χ1) is 8.13. The van der Waals surface area contributed by atoms with Gasteiger partial charge in [0, 0.05) is 16.6 Å². The summed E-state index contributed by atoms with van der Waals surface area (Å²) < 4.78 is 0. The number of rotatable bonds is 2. The Bertz CT molecular complexity index is 435. The number of amides is 1. The third-order valence-electron chi connectivity index (χ3n) is 4.23. The van der Waals surface area contributed by atoms with Gasteiger partial charge in [0.25, 0.3) is 5.91 Å². The highest BCUT2D eigenvalue weighted by atomic mass is 32.1. The van der Waals surface area contributed by atoms with Gasteiger partial charge in [0.15, 0.2) is 0 Å². The van der Waals surface area contributed by atoms with Crippen LogP contribution in [0.5, 0.6) is 0 Å². The van der Waals surface area contributed by atoms with E-state index in [-0.39, 0.29) is 5.91 Å². The number of thiophene rings is 1. The lowest BCUT2D eigenvalue weighted by Gasteiger charge is -2.22. The molecule has 0 spiro atoms. The number of carbonyl (C=O) groups excluding carboxylic acids is 1. The van der Waals surface area contributed by atoms with E-state index in [0.717, 1.165) is 27.3 Å². The van der Waals surface area contributed by atoms with Gasteiger partial charge in [-0.05, 0) is 44.1 Å². The standard InChI is InChI=1S/C13H18N2OS/c1-7-10(14)6-12(17-7)13(16)15-11-5-8-2-3-9(11)4-8/h6,8-9,11H,2-5,14H2,1H3,(H,15,16). The van der Waals surface area contributed by atoms with Crippen LogP contribution in [0.4, 0.5) is 5.69 Å². The third-order valence-corrected chi connectivity index (χ3v) is 5.30. The third kappa shape index (κ3) is 1.95. The largest absolute Gasteiger partial charge is 0.398 e. The zero-order valence-electron chi connectivity index (χ0n) is 10.0. The summed E-state index contributed by atoms with van der Waals surface area (Å²) >= 11 is 1.49. The molecule has 92 valence electrons. The number of hydrogen-bond donors (Lipinski definition) is 2.